The van der Waals surface area contributed by atoms with Crippen molar-refractivity contribution in [3.05, 3.63) is 65.7 Å². The zero-order valence-corrected chi connectivity index (χ0v) is 18.0. The van der Waals surface area contributed by atoms with Gasteiger partial charge in [-0.05, 0) is 56.9 Å². The minimum Gasteiger partial charge on any atom is -0.451 e. The third-order valence-electron chi connectivity index (χ3n) is 5.92. The lowest BCUT2D eigenvalue weighted by Gasteiger charge is -2.45. The van der Waals surface area contributed by atoms with Crippen LogP contribution < -0.4 is 16.4 Å². The molecule has 1 unspecified atom stereocenters. The van der Waals surface area contributed by atoms with Gasteiger partial charge in [-0.2, -0.15) is 4.99 Å². The molecule has 1 fully saturated rings. The quantitative estimate of drug-likeness (QED) is 0.551. The van der Waals surface area contributed by atoms with Crippen molar-refractivity contribution in [2.24, 2.45) is 21.5 Å². The van der Waals surface area contributed by atoms with Crippen molar-refractivity contribution in [2.45, 2.75) is 50.8 Å². The van der Waals surface area contributed by atoms with Gasteiger partial charge in [0.25, 0.3) is 0 Å². The predicted molar refractivity (Wildman–Crippen MR) is 124 cm³/mol. The van der Waals surface area contributed by atoms with Crippen LogP contribution in [0.15, 0.2) is 64.6 Å². The Morgan fingerprint density at radius 2 is 1.62 bits per heavy atom. The standard InChI is InChI=1S/C24H27N5O3/c1-16(20(30)17-8-4-2-5-9-17)32-21(31)18-10-12-19(13-11-18)29-23(26)27-22(25)28-24(29)14-6-3-7-15-24/h2,4-5,8-13,16H,3,6-7,14-15H2,1H3,(H4,25,26,27,28). The van der Waals surface area contributed by atoms with E-state index in [0.717, 1.165) is 37.8 Å². The van der Waals surface area contributed by atoms with E-state index in [0.29, 0.717) is 11.1 Å². The number of nitrogens with zero attached hydrogens (tertiary/aromatic N) is 3. The molecule has 0 saturated heterocycles. The Morgan fingerprint density at radius 3 is 2.28 bits per heavy atom. The minimum atomic E-state index is -0.891. The van der Waals surface area contributed by atoms with Crippen molar-refractivity contribution >= 4 is 29.4 Å². The number of hydrogen-bond donors (Lipinski definition) is 2. The molecule has 0 aromatic heterocycles. The van der Waals surface area contributed by atoms with Gasteiger partial charge in [-0.1, -0.05) is 36.8 Å². The molecule has 0 bridgehead atoms. The number of ketones is 1. The highest BCUT2D eigenvalue weighted by molar-refractivity contribution is 6.06. The Bertz CT molecular complexity index is 1060. The number of aliphatic imine (C=N–C) groups is 2. The summed E-state index contributed by atoms with van der Waals surface area (Å²) in [5.41, 5.74) is 13.2. The largest absolute Gasteiger partial charge is 0.451 e. The van der Waals surface area contributed by atoms with Crippen LogP contribution in [0.3, 0.4) is 0 Å². The molecule has 8 nitrogen and oxygen atoms in total. The fourth-order valence-electron chi connectivity index (χ4n) is 4.36. The number of Topliss-reactive ketones (excluding diaryl/α,β-unsaturated/α-hetero) is 1. The smallest absolute Gasteiger partial charge is 0.338 e. The molecular formula is C24H27N5O3. The average Bonchev–Trinajstić information content (AvgIpc) is 2.79. The predicted octanol–water partition coefficient (Wildman–Crippen LogP) is 3.22. The second-order valence-corrected chi connectivity index (χ2v) is 8.14. The molecule has 1 saturated carbocycles. The van der Waals surface area contributed by atoms with Crippen molar-refractivity contribution in [1.82, 2.24) is 0 Å². The van der Waals surface area contributed by atoms with Crippen molar-refractivity contribution in [3.63, 3.8) is 0 Å². The van der Waals surface area contributed by atoms with Gasteiger partial charge in [-0.3, -0.25) is 9.69 Å². The average molecular weight is 434 g/mol. The van der Waals surface area contributed by atoms with E-state index in [4.69, 9.17) is 16.2 Å². The highest BCUT2D eigenvalue weighted by Gasteiger charge is 2.42. The Morgan fingerprint density at radius 1 is 0.969 bits per heavy atom. The van der Waals surface area contributed by atoms with E-state index in [1.165, 1.54) is 0 Å². The van der Waals surface area contributed by atoms with Crippen LogP contribution >= 0.6 is 0 Å². The summed E-state index contributed by atoms with van der Waals surface area (Å²) in [5, 5.41) is 0. The molecule has 8 heteroatoms. The van der Waals surface area contributed by atoms with Crippen molar-refractivity contribution < 1.29 is 14.3 Å². The first-order valence-corrected chi connectivity index (χ1v) is 10.8. The number of guanidine groups is 2. The number of nitrogens with two attached hydrogens (primary N) is 2. The van der Waals surface area contributed by atoms with Crippen LogP contribution in [0.5, 0.6) is 0 Å². The molecule has 166 valence electrons. The van der Waals surface area contributed by atoms with Crippen molar-refractivity contribution in [3.8, 4) is 0 Å². The summed E-state index contributed by atoms with van der Waals surface area (Å²) in [4.78, 5) is 35.8. The van der Waals surface area contributed by atoms with Gasteiger partial charge in [0.2, 0.25) is 17.7 Å². The molecule has 1 aliphatic heterocycles. The topological polar surface area (TPSA) is 123 Å². The van der Waals surface area contributed by atoms with Gasteiger partial charge < -0.3 is 16.2 Å². The molecule has 4 rings (SSSR count). The lowest BCUT2D eigenvalue weighted by Crippen LogP contribution is -2.58. The SMILES string of the molecule is CC(OC(=O)c1ccc(N2C(N)=NC(N)=NC23CCCCC3)cc1)C(=O)c1ccccc1. The molecule has 2 aromatic carbocycles. The van der Waals surface area contributed by atoms with E-state index in [-0.39, 0.29) is 17.7 Å². The van der Waals surface area contributed by atoms with Gasteiger partial charge in [0.15, 0.2) is 6.10 Å². The zero-order valence-electron chi connectivity index (χ0n) is 18.0. The Labute approximate surface area is 187 Å². The maximum atomic E-state index is 12.6. The van der Waals surface area contributed by atoms with Crippen LogP contribution in [0, 0.1) is 0 Å². The summed E-state index contributed by atoms with van der Waals surface area (Å²) in [5.74, 6) is -0.333. The number of ether oxygens (including phenoxy) is 1. The summed E-state index contributed by atoms with van der Waals surface area (Å²) < 4.78 is 5.39. The Kier molecular flexibility index (Phi) is 5.94. The summed E-state index contributed by atoms with van der Waals surface area (Å²) in [6.07, 6.45) is 3.96. The molecule has 1 atom stereocenters. The number of carbonyl (C=O) groups is 2. The number of esters is 1. The number of hydrogen-bond acceptors (Lipinski definition) is 8. The van der Waals surface area contributed by atoms with Crippen LogP contribution in [-0.2, 0) is 4.74 Å². The molecule has 1 aliphatic carbocycles. The number of carbonyl (C=O) groups excluding carboxylic acids is 2. The Hall–Kier alpha value is -3.68. The molecule has 2 aromatic rings. The van der Waals surface area contributed by atoms with Gasteiger partial charge in [-0.25, -0.2) is 9.79 Å². The van der Waals surface area contributed by atoms with Gasteiger partial charge >= 0.3 is 5.97 Å². The van der Waals surface area contributed by atoms with Crippen molar-refractivity contribution in [1.29, 1.82) is 0 Å². The minimum absolute atomic E-state index is 0.193. The van der Waals surface area contributed by atoms with E-state index in [1.807, 2.05) is 11.0 Å². The first kappa shape index (κ1) is 21.5. The first-order chi connectivity index (χ1) is 15.4. The first-order valence-electron chi connectivity index (χ1n) is 10.8. The van der Waals surface area contributed by atoms with Crippen molar-refractivity contribution in [2.75, 3.05) is 4.90 Å². The molecular weight excluding hydrogens is 406 g/mol. The molecule has 32 heavy (non-hydrogen) atoms. The third-order valence-corrected chi connectivity index (χ3v) is 5.92. The van der Waals surface area contributed by atoms with E-state index in [1.54, 1.807) is 55.5 Å². The van der Waals surface area contributed by atoms with Gasteiger partial charge in [0, 0.05) is 11.3 Å². The maximum absolute atomic E-state index is 12.6. The number of rotatable bonds is 5. The number of anilines is 1. The fourth-order valence-corrected chi connectivity index (χ4v) is 4.36. The van der Waals surface area contributed by atoms with E-state index in [2.05, 4.69) is 9.98 Å². The molecule has 1 heterocycles. The highest BCUT2D eigenvalue weighted by atomic mass is 16.5. The second-order valence-electron chi connectivity index (χ2n) is 8.14. The fraction of sp³-hybridized carbons (Fsp3) is 0.333. The lowest BCUT2D eigenvalue weighted by molar-refractivity contribution is 0.0319. The van der Waals surface area contributed by atoms with Crippen LogP contribution in [0.25, 0.3) is 0 Å². The van der Waals surface area contributed by atoms with Crippen LogP contribution in [0.2, 0.25) is 0 Å². The van der Waals surface area contributed by atoms with Gasteiger partial charge in [0.1, 0.15) is 5.66 Å². The lowest BCUT2D eigenvalue weighted by atomic mass is 9.87. The molecule has 4 N–H and O–H groups in total. The highest BCUT2D eigenvalue weighted by Crippen LogP contribution is 2.39. The van der Waals surface area contributed by atoms with Crippen LogP contribution in [0.4, 0.5) is 5.69 Å². The van der Waals surface area contributed by atoms with Gasteiger partial charge in [0.05, 0.1) is 5.56 Å². The van der Waals surface area contributed by atoms with Crippen LogP contribution in [0.1, 0.15) is 59.7 Å². The summed E-state index contributed by atoms with van der Waals surface area (Å²) in [6, 6.07) is 15.6. The van der Waals surface area contributed by atoms with E-state index in [9.17, 15) is 9.59 Å². The number of benzene rings is 2. The maximum Gasteiger partial charge on any atom is 0.338 e. The van der Waals surface area contributed by atoms with E-state index < -0.39 is 17.7 Å². The van der Waals surface area contributed by atoms with Crippen LogP contribution in [-0.4, -0.2) is 35.4 Å². The Balaban J connectivity index is 1.50. The second kappa shape index (κ2) is 8.82. The van der Waals surface area contributed by atoms with Gasteiger partial charge in [-0.15, -0.1) is 0 Å². The normalized spacial score (nSPS) is 18.5. The molecule has 0 amide bonds. The third kappa shape index (κ3) is 4.21. The summed E-state index contributed by atoms with van der Waals surface area (Å²) >= 11 is 0. The monoisotopic (exact) mass is 433 g/mol. The van der Waals surface area contributed by atoms with E-state index >= 15 is 0 Å². The summed E-state index contributed by atoms with van der Waals surface area (Å²) in [7, 11) is 0. The molecule has 0 radical (unpaired) electrons. The molecule has 2 aliphatic rings. The zero-order chi connectivity index (χ0) is 22.7. The summed E-state index contributed by atoms with van der Waals surface area (Å²) in [6.45, 7) is 1.57. The molecule has 1 spiro atoms.